The van der Waals surface area contributed by atoms with Crippen molar-refractivity contribution >= 4 is 23.1 Å². The number of imidazole rings is 1. The number of hydrogen-bond acceptors (Lipinski definition) is 4. The standard InChI is InChI=1S/C23H26N4O3/c1-16(2)22(27-12-6-10-21(27)28)23(29)25-17-7-5-8-19(13-17)30-15-18-14-26-11-4-3-9-20(26)24-18/h3-5,7-9,11,13-14,16,22H,6,10,12,15H2,1-2H3,(H,25,29). The molecule has 0 aliphatic carbocycles. The van der Waals surface area contributed by atoms with Crippen molar-refractivity contribution in [3.05, 3.63) is 60.6 Å². The van der Waals surface area contributed by atoms with Gasteiger partial charge in [-0.25, -0.2) is 4.98 Å². The third-order valence-electron chi connectivity index (χ3n) is 5.25. The Morgan fingerprint density at radius 1 is 1.23 bits per heavy atom. The van der Waals surface area contributed by atoms with Crippen molar-refractivity contribution in [1.29, 1.82) is 0 Å². The Labute approximate surface area is 175 Å². The van der Waals surface area contributed by atoms with Crippen LogP contribution in [0.1, 0.15) is 32.4 Å². The molecule has 0 saturated carbocycles. The monoisotopic (exact) mass is 406 g/mol. The van der Waals surface area contributed by atoms with Gasteiger partial charge in [-0.15, -0.1) is 0 Å². The second-order valence-electron chi connectivity index (χ2n) is 7.88. The fourth-order valence-electron chi connectivity index (χ4n) is 3.86. The molecule has 30 heavy (non-hydrogen) atoms. The van der Waals surface area contributed by atoms with Crippen LogP contribution >= 0.6 is 0 Å². The summed E-state index contributed by atoms with van der Waals surface area (Å²) in [5.74, 6) is 0.552. The third kappa shape index (κ3) is 4.30. The zero-order valence-electron chi connectivity index (χ0n) is 17.2. The van der Waals surface area contributed by atoms with Gasteiger partial charge in [0.05, 0.1) is 5.69 Å². The molecule has 7 nitrogen and oxygen atoms in total. The highest BCUT2D eigenvalue weighted by atomic mass is 16.5. The maximum absolute atomic E-state index is 12.9. The molecule has 2 amide bonds. The molecule has 0 spiro atoms. The molecule has 1 unspecified atom stereocenters. The number of carbonyl (C=O) groups excluding carboxylic acids is 2. The van der Waals surface area contributed by atoms with Gasteiger partial charge in [0.15, 0.2) is 0 Å². The first-order valence-corrected chi connectivity index (χ1v) is 10.3. The smallest absolute Gasteiger partial charge is 0.247 e. The van der Waals surface area contributed by atoms with E-state index in [1.54, 1.807) is 11.0 Å². The molecular weight excluding hydrogens is 380 g/mol. The summed E-state index contributed by atoms with van der Waals surface area (Å²) in [6.45, 7) is 4.89. The van der Waals surface area contributed by atoms with E-state index >= 15 is 0 Å². The fraction of sp³-hybridized carbons (Fsp3) is 0.348. The SMILES string of the molecule is CC(C)C(C(=O)Nc1cccc(OCc2cn3ccccc3n2)c1)N1CCCC1=O. The van der Waals surface area contributed by atoms with Gasteiger partial charge in [0.1, 0.15) is 24.0 Å². The highest BCUT2D eigenvalue weighted by Gasteiger charge is 2.34. The lowest BCUT2D eigenvalue weighted by Crippen LogP contribution is -2.47. The van der Waals surface area contributed by atoms with E-state index in [4.69, 9.17) is 4.74 Å². The second-order valence-corrected chi connectivity index (χ2v) is 7.88. The minimum absolute atomic E-state index is 0.0292. The molecule has 1 N–H and O–H groups in total. The van der Waals surface area contributed by atoms with Gasteiger partial charge in [-0.1, -0.05) is 26.0 Å². The van der Waals surface area contributed by atoms with Crippen molar-refractivity contribution < 1.29 is 14.3 Å². The first kappa shape index (κ1) is 19.9. The highest BCUT2D eigenvalue weighted by Crippen LogP contribution is 2.23. The number of rotatable bonds is 7. The van der Waals surface area contributed by atoms with Crippen molar-refractivity contribution in [2.75, 3.05) is 11.9 Å². The molecule has 1 fully saturated rings. The summed E-state index contributed by atoms with van der Waals surface area (Å²) in [5.41, 5.74) is 2.33. The Balaban J connectivity index is 1.42. The summed E-state index contributed by atoms with van der Waals surface area (Å²) in [4.78, 5) is 31.3. The molecular formula is C23H26N4O3. The van der Waals surface area contributed by atoms with Crippen LogP contribution < -0.4 is 10.1 Å². The zero-order valence-corrected chi connectivity index (χ0v) is 17.2. The largest absolute Gasteiger partial charge is 0.487 e. The Morgan fingerprint density at radius 2 is 2.10 bits per heavy atom. The molecule has 0 radical (unpaired) electrons. The van der Waals surface area contributed by atoms with E-state index in [1.807, 2.05) is 67.0 Å². The van der Waals surface area contributed by atoms with E-state index in [-0.39, 0.29) is 17.7 Å². The maximum atomic E-state index is 12.9. The van der Waals surface area contributed by atoms with E-state index in [0.717, 1.165) is 17.8 Å². The van der Waals surface area contributed by atoms with Gasteiger partial charge >= 0.3 is 0 Å². The molecule has 1 aliphatic rings. The van der Waals surface area contributed by atoms with Gasteiger partial charge in [0.25, 0.3) is 0 Å². The Morgan fingerprint density at radius 3 is 2.83 bits per heavy atom. The van der Waals surface area contributed by atoms with Crippen LogP contribution in [0.2, 0.25) is 0 Å². The molecule has 7 heteroatoms. The molecule has 1 aromatic carbocycles. The number of aromatic nitrogens is 2. The summed E-state index contributed by atoms with van der Waals surface area (Å²) < 4.78 is 7.82. The van der Waals surface area contributed by atoms with E-state index in [2.05, 4.69) is 10.3 Å². The number of fused-ring (bicyclic) bond motifs is 1. The van der Waals surface area contributed by atoms with Crippen molar-refractivity contribution in [3.63, 3.8) is 0 Å². The van der Waals surface area contributed by atoms with Crippen LogP contribution in [-0.4, -0.2) is 38.7 Å². The average molecular weight is 406 g/mol. The van der Waals surface area contributed by atoms with E-state index < -0.39 is 6.04 Å². The topological polar surface area (TPSA) is 75.9 Å². The van der Waals surface area contributed by atoms with Crippen LogP contribution in [0.25, 0.3) is 5.65 Å². The average Bonchev–Trinajstić information content (AvgIpc) is 3.32. The summed E-state index contributed by atoms with van der Waals surface area (Å²) >= 11 is 0. The quantitative estimate of drug-likeness (QED) is 0.652. The van der Waals surface area contributed by atoms with Crippen molar-refractivity contribution in [2.45, 2.75) is 39.3 Å². The third-order valence-corrected chi connectivity index (χ3v) is 5.25. The zero-order chi connectivity index (χ0) is 21.1. The number of nitrogens with zero attached hydrogens (tertiary/aromatic N) is 3. The lowest BCUT2D eigenvalue weighted by atomic mass is 10.0. The van der Waals surface area contributed by atoms with E-state index in [0.29, 0.717) is 31.0 Å². The molecule has 156 valence electrons. The van der Waals surface area contributed by atoms with Crippen molar-refractivity contribution in [1.82, 2.24) is 14.3 Å². The van der Waals surface area contributed by atoms with Crippen LogP contribution in [0, 0.1) is 5.92 Å². The number of hydrogen-bond donors (Lipinski definition) is 1. The van der Waals surface area contributed by atoms with Gasteiger partial charge in [-0.05, 0) is 36.6 Å². The lowest BCUT2D eigenvalue weighted by Gasteiger charge is -2.29. The number of ether oxygens (including phenoxy) is 1. The number of benzene rings is 1. The number of pyridine rings is 1. The number of anilines is 1. The van der Waals surface area contributed by atoms with Gasteiger partial charge < -0.3 is 19.4 Å². The second kappa shape index (κ2) is 8.57. The summed E-state index contributed by atoms with van der Waals surface area (Å²) in [5, 5.41) is 2.95. The minimum atomic E-state index is -0.470. The van der Waals surface area contributed by atoms with Crippen LogP contribution in [0.15, 0.2) is 54.9 Å². The van der Waals surface area contributed by atoms with Gasteiger partial charge in [-0.3, -0.25) is 9.59 Å². The Kier molecular flexibility index (Phi) is 5.70. The van der Waals surface area contributed by atoms with Crippen molar-refractivity contribution in [3.8, 4) is 5.75 Å². The predicted molar refractivity (Wildman–Crippen MR) is 114 cm³/mol. The molecule has 3 aromatic rings. The summed E-state index contributed by atoms with van der Waals surface area (Å²) in [6, 6.07) is 12.6. The normalized spacial score (nSPS) is 15.0. The molecule has 0 bridgehead atoms. The molecule has 2 aromatic heterocycles. The minimum Gasteiger partial charge on any atom is -0.487 e. The number of amides is 2. The van der Waals surface area contributed by atoms with E-state index in [1.165, 1.54) is 0 Å². The number of likely N-dealkylation sites (tertiary alicyclic amines) is 1. The van der Waals surface area contributed by atoms with Gasteiger partial charge in [-0.2, -0.15) is 0 Å². The molecule has 4 rings (SSSR count). The van der Waals surface area contributed by atoms with Gasteiger partial charge in [0.2, 0.25) is 11.8 Å². The fourth-order valence-corrected chi connectivity index (χ4v) is 3.86. The van der Waals surface area contributed by atoms with Crippen LogP contribution in [0.4, 0.5) is 5.69 Å². The predicted octanol–water partition coefficient (Wildman–Crippen LogP) is 3.50. The first-order valence-electron chi connectivity index (χ1n) is 10.3. The lowest BCUT2D eigenvalue weighted by molar-refractivity contribution is -0.136. The number of carbonyl (C=O) groups is 2. The molecule has 1 atom stereocenters. The van der Waals surface area contributed by atoms with E-state index in [9.17, 15) is 9.59 Å². The summed E-state index contributed by atoms with van der Waals surface area (Å²) in [6.07, 6.45) is 5.20. The highest BCUT2D eigenvalue weighted by molar-refractivity contribution is 5.97. The molecule has 3 heterocycles. The van der Waals surface area contributed by atoms with Crippen molar-refractivity contribution in [2.24, 2.45) is 5.92 Å². The van der Waals surface area contributed by atoms with Crippen LogP contribution in [0.3, 0.4) is 0 Å². The van der Waals surface area contributed by atoms with Gasteiger partial charge in [0, 0.05) is 37.1 Å². The summed E-state index contributed by atoms with van der Waals surface area (Å²) in [7, 11) is 0. The van der Waals surface area contributed by atoms with Crippen LogP contribution in [-0.2, 0) is 16.2 Å². The number of nitrogens with one attached hydrogen (secondary N) is 1. The Hall–Kier alpha value is -3.35. The van der Waals surface area contributed by atoms with Crippen LogP contribution in [0.5, 0.6) is 5.75 Å². The molecule has 1 saturated heterocycles. The first-order chi connectivity index (χ1) is 14.5. The maximum Gasteiger partial charge on any atom is 0.247 e. The Bertz CT molecular complexity index is 1030. The molecule has 1 aliphatic heterocycles.